The number of hydrogen-bond donors (Lipinski definition) is 3. The normalized spacial score (nSPS) is 31.1. The van der Waals surface area contributed by atoms with Crippen molar-refractivity contribution in [2.75, 3.05) is 6.61 Å². The Morgan fingerprint density at radius 1 is 1.35 bits per heavy atom. The number of nitrogens with one attached hydrogen (secondary N) is 2. The maximum absolute atomic E-state index is 11.4. The third-order valence-corrected chi connectivity index (χ3v) is 3.67. The zero-order valence-corrected chi connectivity index (χ0v) is 11.1. The van der Waals surface area contributed by atoms with Crippen LogP contribution in [0.25, 0.3) is 0 Å². The fraction of sp³-hybridized carbons (Fsp3) is 0.400. The molecule has 5 nitrogen and oxygen atoms in total. The van der Waals surface area contributed by atoms with Crippen LogP contribution in [0.15, 0.2) is 24.3 Å². The van der Waals surface area contributed by atoms with Gasteiger partial charge in [-0.3, -0.25) is 15.3 Å². The molecule has 1 fully saturated rings. The third-order valence-electron chi connectivity index (χ3n) is 3.67. The Bertz CT molecular complexity index is 573. The van der Waals surface area contributed by atoms with Crippen molar-refractivity contribution in [3.63, 3.8) is 0 Å². The van der Waals surface area contributed by atoms with Crippen molar-refractivity contribution in [1.29, 1.82) is 0 Å². The Labute approximate surface area is 117 Å². The standard InChI is InChI=1S/C15H16N2O3/c1-9-8-20-15(16-9)11-4-2-10(3-5-11)12-6-7-13(12)14(18)17-19/h2-5,9,12-13,15-16,19H,8H2,1H3,(H,17,18). The number of carbonyl (C=O) groups is 1. The fourth-order valence-corrected chi connectivity index (χ4v) is 2.48. The molecule has 2 aliphatic rings. The Kier molecular flexibility index (Phi) is 3.45. The molecule has 1 saturated heterocycles. The van der Waals surface area contributed by atoms with Gasteiger partial charge in [0.05, 0.1) is 12.5 Å². The zero-order chi connectivity index (χ0) is 14.1. The third kappa shape index (κ3) is 2.29. The van der Waals surface area contributed by atoms with Crippen LogP contribution in [0.2, 0.25) is 0 Å². The molecule has 0 saturated carbocycles. The van der Waals surface area contributed by atoms with Crippen LogP contribution in [0.3, 0.4) is 0 Å². The van der Waals surface area contributed by atoms with Crippen LogP contribution in [-0.4, -0.2) is 23.8 Å². The first-order valence-electron chi connectivity index (χ1n) is 6.61. The lowest BCUT2D eigenvalue weighted by atomic mass is 9.79. The monoisotopic (exact) mass is 272 g/mol. The van der Waals surface area contributed by atoms with Crippen LogP contribution < -0.4 is 10.8 Å². The molecule has 1 aliphatic carbocycles. The molecule has 4 atom stereocenters. The average molecular weight is 272 g/mol. The van der Waals surface area contributed by atoms with Gasteiger partial charge in [0.2, 0.25) is 0 Å². The van der Waals surface area contributed by atoms with Crippen LogP contribution in [-0.2, 0) is 9.53 Å². The van der Waals surface area contributed by atoms with Gasteiger partial charge in [-0.25, -0.2) is 5.48 Å². The van der Waals surface area contributed by atoms with Crippen LogP contribution in [0.4, 0.5) is 0 Å². The SMILES string of the molecule is CC1COC(c2ccc(C3C#CC3C(=O)NO)cc2)N1. The molecule has 1 aliphatic heterocycles. The van der Waals surface area contributed by atoms with E-state index in [2.05, 4.69) is 24.1 Å². The Morgan fingerprint density at radius 3 is 2.55 bits per heavy atom. The Morgan fingerprint density at radius 2 is 2.05 bits per heavy atom. The summed E-state index contributed by atoms with van der Waals surface area (Å²) in [6.45, 7) is 2.79. The smallest absolute Gasteiger partial charge is 0.260 e. The minimum atomic E-state index is -0.466. The van der Waals surface area contributed by atoms with E-state index in [-0.39, 0.29) is 12.1 Å². The summed E-state index contributed by atoms with van der Waals surface area (Å²) in [4.78, 5) is 11.4. The molecule has 4 unspecified atom stereocenters. The second-order valence-corrected chi connectivity index (χ2v) is 5.17. The molecule has 1 aromatic carbocycles. The molecule has 1 heterocycles. The molecular formula is C15H16N2O3. The molecule has 3 rings (SSSR count). The van der Waals surface area contributed by atoms with E-state index < -0.39 is 11.8 Å². The van der Waals surface area contributed by atoms with Crippen molar-refractivity contribution in [3.05, 3.63) is 35.4 Å². The van der Waals surface area contributed by atoms with Gasteiger partial charge in [-0.1, -0.05) is 36.1 Å². The van der Waals surface area contributed by atoms with Crippen molar-refractivity contribution in [3.8, 4) is 11.8 Å². The second-order valence-electron chi connectivity index (χ2n) is 5.17. The molecular weight excluding hydrogens is 256 g/mol. The Hall–Kier alpha value is -1.87. The summed E-state index contributed by atoms with van der Waals surface area (Å²) in [6.07, 6.45) is -0.0666. The molecule has 1 amide bonds. The largest absolute Gasteiger partial charge is 0.357 e. The predicted octanol–water partition coefficient (Wildman–Crippen LogP) is 0.916. The van der Waals surface area contributed by atoms with Gasteiger partial charge in [0.25, 0.3) is 5.91 Å². The summed E-state index contributed by atoms with van der Waals surface area (Å²) in [6, 6.07) is 8.24. The van der Waals surface area contributed by atoms with Gasteiger partial charge in [0, 0.05) is 6.04 Å². The van der Waals surface area contributed by atoms with Gasteiger partial charge >= 0.3 is 0 Å². The van der Waals surface area contributed by atoms with Crippen molar-refractivity contribution < 1.29 is 14.7 Å². The molecule has 0 radical (unpaired) electrons. The molecule has 3 N–H and O–H groups in total. The van der Waals surface area contributed by atoms with Crippen LogP contribution in [0, 0.1) is 17.8 Å². The van der Waals surface area contributed by atoms with E-state index in [0.717, 1.165) is 11.1 Å². The van der Waals surface area contributed by atoms with E-state index in [0.29, 0.717) is 12.6 Å². The average Bonchev–Trinajstić information content (AvgIpc) is 2.85. The number of benzene rings is 1. The lowest BCUT2D eigenvalue weighted by Crippen LogP contribution is -2.34. The molecule has 1 aromatic rings. The van der Waals surface area contributed by atoms with Gasteiger partial charge in [0.15, 0.2) is 0 Å². The van der Waals surface area contributed by atoms with E-state index >= 15 is 0 Å². The summed E-state index contributed by atoms with van der Waals surface area (Å²) >= 11 is 0. The van der Waals surface area contributed by atoms with Gasteiger partial charge in [-0.15, -0.1) is 0 Å². The molecule has 5 heteroatoms. The summed E-state index contributed by atoms with van der Waals surface area (Å²) in [5.41, 5.74) is 3.70. The van der Waals surface area contributed by atoms with Gasteiger partial charge < -0.3 is 4.74 Å². The van der Waals surface area contributed by atoms with Gasteiger partial charge in [-0.2, -0.15) is 0 Å². The van der Waals surface area contributed by atoms with E-state index in [1.807, 2.05) is 24.3 Å². The lowest BCUT2D eigenvalue weighted by molar-refractivity contribution is -0.132. The van der Waals surface area contributed by atoms with E-state index in [1.54, 1.807) is 5.48 Å². The summed E-state index contributed by atoms with van der Waals surface area (Å²) < 4.78 is 5.63. The quantitative estimate of drug-likeness (QED) is 0.435. The van der Waals surface area contributed by atoms with E-state index in [9.17, 15) is 4.79 Å². The van der Waals surface area contributed by atoms with Gasteiger partial charge in [-0.05, 0) is 18.1 Å². The number of hydrogen-bond acceptors (Lipinski definition) is 4. The zero-order valence-electron chi connectivity index (χ0n) is 11.1. The second kappa shape index (κ2) is 5.25. The van der Waals surface area contributed by atoms with E-state index in [1.165, 1.54) is 0 Å². The first kappa shape index (κ1) is 13.1. The number of ether oxygens (including phenoxy) is 1. The van der Waals surface area contributed by atoms with E-state index in [4.69, 9.17) is 9.94 Å². The van der Waals surface area contributed by atoms with Crippen LogP contribution in [0.5, 0.6) is 0 Å². The highest BCUT2D eigenvalue weighted by molar-refractivity contribution is 5.84. The topological polar surface area (TPSA) is 70.6 Å². The first-order valence-corrected chi connectivity index (χ1v) is 6.61. The number of hydroxylamine groups is 1. The molecule has 104 valence electrons. The summed E-state index contributed by atoms with van der Waals surface area (Å²) in [5, 5.41) is 12.0. The minimum absolute atomic E-state index is 0.0666. The molecule has 0 spiro atoms. The van der Waals surface area contributed by atoms with Crippen LogP contribution >= 0.6 is 0 Å². The Balaban J connectivity index is 1.71. The summed E-state index contributed by atoms with van der Waals surface area (Å²) in [7, 11) is 0. The predicted molar refractivity (Wildman–Crippen MR) is 71.7 cm³/mol. The maximum Gasteiger partial charge on any atom is 0.260 e. The lowest BCUT2D eigenvalue weighted by Gasteiger charge is -2.23. The fourth-order valence-electron chi connectivity index (χ4n) is 2.48. The van der Waals surface area contributed by atoms with Crippen molar-refractivity contribution in [1.82, 2.24) is 10.8 Å². The number of amides is 1. The van der Waals surface area contributed by atoms with Crippen molar-refractivity contribution in [2.45, 2.75) is 25.1 Å². The summed E-state index contributed by atoms with van der Waals surface area (Å²) in [5.74, 6) is 4.65. The highest BCUT2D eigenvalue weighted by atomic mass is 16.5. The molecule has 0 aromatic heterocycles. The van der Waals surface area contributed by atoms with Crippen molar-refractivity contribution in [2.24, 2.45) is 5.92 Å². The van der Waals surface area contributed by atoms with Gasteiger partial charge in [0.1, 0.15) is 12.1 Å². The maximum atomic E-state index is 11.4. The molecule has 20 heavy (non-hydrogen) atoms. The van der Waals surface area contributed by atoms with Crippen LogP contribution in [0.1, 0.15) is 30.2 Å². The number of rotatable bonds is 3. The first-order chi connectivity index (χ1) is 9.69. The minimum Gasteiger partial charge on any atom is -0.357 e. The highest BCUT2D eigenvalue weighted by Crippen LogP contribution is 2.31. The highest BCUT2D eigenvalue weighted by Gasteiger charge is 2.32. The molecule has 0 bridgehead atoms. The number of carbonyl (C=O) groups excluding carboxylic acids is 1. The van der Waals surface area contributed by atoms with Crippen molar-refractivity contribution >= 4 is 5.91 Å².